The molecule has 0 bridgehead atoms. The topological polar surface area (TPSA) is 6.48 Å². The van der Waals surface area contributed by atoms with Gasteiger partial charge in [-0.3, -0.25) is 0 Å². The van der Waals surface area contributed by atoms with Gasteiger partial charge in [0.05, 0.1) is 5.69 Å². The van der Waals surface area contributed by atoms with E-state index in [1.807, 2.05) is 0 Å². The molecule has 0 radical (unpaired) electrons. The average Bonchev–Trinajstić information content (AvgIpc) is 2.45. The van der Waals surface area contributed by atoms with E-state index in [2.05, 4.69) is 77.6 Å². The third-order valence-corrected chi connectivity index (χ3v) is 5.05. The molecule has 0 aliphatic carbocycles. The maximum atomic E-state index is 3.70. The smallest absolute Gasteiger partial charge is 0.384 e. The van der Waals surface area contributed by atoms with Crippen molar-refractivity contribution in [3.05, 3.63) is 24.3 Å². The number of hydrogen-bond acceptors (Lipinski definition) is 2. The van der Waals surface area contributed by atoms with Crippen LogP contribution in [0.3, 0.4) is 0 Å². The van der Waals surface area contributed by atoms with Crippen molar-refractivity contribution in [3.8, 4) is 0 Å². The van der Waals surface area contributed by atoms with E-state index in [4.69, 9.17) is 0 Å². The number of anilines is 2. The van der Waals surface area contributed by atoms with Gasteiger partial charge < -0.3 is 7.84 Å². The second-order valence-electron chi connectivity index (χ2n) is 3.30. The van der Waals surface area contributed by atoms with Crippen molar-refractivity contribution >= 4 is 55.8 Å². The molecule has 14 heavy (non-hydrogen) atoms. The lowest BCUT2D eigenvalue weighted by atomic mass is 10.1. The van der Waals surface area contributed by atoms with Crippen molar-refractivity contribution in [1.82, 2.24) is 0 Å². The van der Waals surface area contributed by atoms with Crippen LogP contribution in [0.25, 0.3) is 0 Å². The Bertz CT molecular complexity index is 336. The van der Waals surface area contributed by atoms with Crippen LogP contribution in [0.15, 0.2) is 24.3 Å². The Kier molecular flexibility index (Phi) is 3.26. The van der Waals surface area contributed by atoms with Gasteiger partial charge in [0.15, 0.2) is 0 Å². The average molecular weight is 365 g/mol. The van der Waals surface area contributed by atoms with Crippen LogP contribution in [-0.4, -0.2) is 12.4 Å². The van der Waals surface area contributed by atoms with Crippen molar-refractivity contribution < 1.29 is 0 Å². The molecular formula is C9H11BBrIN2. The first-order valence-electron chi connectivity index (χ1n) is 4.70. The lowest BCUT2D eigenvalue weighted by Gasteiger charge is -2.20. The molecule has 0 unspecified atom stereocenters. The molecule has 74 valence electrons. The highest BCUT2D eigenvalue weighted by Gasteiger charge is 2.36. The molecule has 0 saturated heterocycles. The van der Waals surface area contributed by atoms with E-state index >= 15 is 0 Å². The molecule has 1 aliphatic rings. The molecule has 1 aromatic rings. The van der Waals surface area contributed by atoms with Crippen LogP contribution in [0.5, 0.6) is 0 Å². The van der Waals surface area contributed by atoms with Gasteiger partial charge in [0, 0.05) is 35.1 Å². The molecule has 1 aliphatic heterocycles. The van der Waals surface area contributed by atoms with Crippen LogP contribution in [0.1, 0.15) is 13.3 Å². The summed E-state index contributed by atoms with van der Waals surface area (Å²) in [6, 6.07) is 8.51. The Morgan fingerprint density at radius 1 is 1.36 bits per heavy atom. The number of para-hydroxylation sites is 2. The van der Waals surface area contributed by atoms with Crippen LogP contribution >= 0.6 is 38.6 Å². The van der Waals surface area contributed by atoms with Gasteiger partial charge in [0.1, 0.15) is 0 Å². The Balaban J connectivity index is 2.37. The van der Waals surface area contributed by atoms with E-state index in [1.54, 1.807) is 0 Å². The number of rotatable bonds is 2. The second-order valence-corrected chi connectivity index (χ2v) is 5.16. The van der Waals surface area contributed by atoms with E-state index in [0.717, 1.165) is 6.54 Å². The van der Waals surface area contributed by atoms with Crippen LogP contribution in [0, 0.1) is 0 Å². The molecule has 0 saturated carbocycles. The molecule has 1 aromatic carbocycles. The van der Waals surface area contributed by atoms with Gasteiger partial charge in [-0.1, -0.05) is 34.8 Å². The summed E-state index contributed by atoms with van der Waals surface area (Å²) >= 11 is 6.05. The zero-order valence-electron chi connectivity index (χ0n) is 7.95. The monoisotopic (exact) mass is 364 g/mol. The molecule has 2 nitrogen and oxygen atoms in total. The first-order valence-corrected chi connectivity index (χ1v) is 6.58. The largest absolute Gasteiger partial charge is 0.465 e. The summed E-state index contributed by atoms with van der Waals surface area (Å²) < 4.78 is 2.22. The molecule has 0 spiro atoms. The zero-order chi connectivity index (χ0) is 10.1. The third kappa shape index (κ3) is 1.64. The molecule has 1 heterocycles. The summed E-state index contributed by atoms with van der Waals surface area (Å²) in [6.45, 7) is 3.30. The fourth-order valence-corrected chi connectivity index (χ4v) is 3.06. The van der Waals surface area contributed by atoms with Gasteiger partial charge in [-0.2, -0.15) is 0 Å². The minimum atomic E-state index is 0.292. The third-order valence-electron chi connectivity index (χ3n) is 2.33. The van der Waals surface area contributed by atoms with Crippen molar-refractivity contribution in [2.45, 2.75) is 13.3 Å². The van der Waals surface area contributed by atoms with E-state index < -0.39 is 0 Å². The highest BCUT2D eigenvalue weighted by atomic mass is 127. The molecule has 0 fully saturated rings. The maximum absolute atomic E-state index is 3.70. The Morgan fingerprint density at radius 2 is 2.00 bits per heavy atom. The minimum Gasteiger partial charge on any atom is -0.384 e. The van der Waals surface area contributed by atoms with E-state index in [-0.39, 0.29) is 0 Å². The second kappa shape index (κ2) is 4.30. The lowest BCUT2D eigenvalue weighted by molar-refractivity contribution is 0.923. The maximum Gasteiger partial charge on any atom is 0.465 e. The van der Waals surface area contributed by atoms with Crippen LogP contribution in [0.4, 0.5) is 11.4 Å². The van der Waals surface area contributed by atoms with Gasteiger partial charge in [0.2, 0.25) is 0 Å². The predicted octanol–water partition coefficient (Wildman–Crippen LogP) is 3.45. The van der Waals surface area contributed by atoms with Crippen LogP contribution in [-0.2, 0) is 0 Å². The summed E-state index contributed by atoms with van der Waals surface area (Å²) in [7, 11) is 0. The number of fused-ring (bicyclic) bond motifs is 1. The molecule has 0 aromatic heterocycles. The zero-order valence-corrected chi connectivity index (χ0v) is 11.7. The normalized spacial score (nSPS) is 14.9. The van der Waals surface area contributed by atoms with Crippen molar-refractivity contribution in [3.63, 3.8) is 0 Å². The quantitative estimate of drug-likeness (QED) is 0.450. The van der Waals surface area contributed by atoms with Crippen molar-refractivity contribution in [1.29, 1.82) is 0 Å². The van der Waals surface area contributed by atoms with Crippen LogP contribution < -0.4 is 7.84 Å². The van der Waals surface area contributed by atoms with E-state index in [9.17, 15) is 0 Å². The summed E-state index contributed by atoms with van der Waals surface area (Å²) in [6.07, 6.45) is 1.17. The van der Waals surface area contributed by atoms with Crippen molar-refractivity contribution in [2.24, 2.45) is 0 Å². The molecule has 0 N–H and O–H groups in total. The number of halogens is 2. The number of hydrogen-bond donors (Lipinski definition) is 0. The van der Waals surface area contributed by atoms with E-state index in [1.165, 1.54) is 17.8 Å². The minimum absolute atomic E-state index is 0.292. The summed E-state index contributed by atoms with van der Waals surface area (Å²) in [4.78, 5) is 2.38. The Morgan fingerprint density at radius 3 is 2.64 bits per heavy atom. The van der Waals surface area contributed by atoms with Gasteiger partial charge in [-0.25, -0.2) is 0 Å². The summed E-state index contributed by atoms with van der Waals surface area (Å²) in [5.74, 6) is 0.292. The highest BCUT2D eigenvalue weighted by Crippen LogP contribution is 2.41. The number of nitrogens with zero attached hydrogens (tertiary/aromatic N) is 2. The highest BCUT2D eigenvalue weighted by molar-refractivity contribution is 14.1. The summed E-state index contributed by atoms with van der Waals surface area (Å²) in [5.41, 5.74) is 2.62. The van der Waals surface area contributed by atoms with Gasteiger partial charge in [-0.15, -0.1) is 0 Å². The van der Waals surface area contributed by atoms with E-state index in [0.29, 0.717) is 5.81 Å². The standard InChI is InChI=1S/C9H11BBrIN2/c1-2-7-13-8-5-3-4-6-9(8)14(12)10(13)11/h3-6H,2,7H2,1H3. The fraction of sp³-hybridized carbons (Fsp3) is 0.333. The van der Waals surface area contributed by atoms with Gasteiger partial charge >= 0.3 is 5.81 Å². The Hall–Kier alpha value is 0.0949. The van der Waals surface area contributed by atoms with Crippen LogP contribution in [0.2, 0.25) is 0 Å². The molecule has 2 rings (SSSR count). The first-order chi connectivity index (χ1) is 6.75. The predicted molar refractivity (Wildman–Crippen MR) is 75.3 cm³/mol. The number of benzene rings is 1. The SMILES string of the molecule is CCCN1B(Br)N(I)c2ccccc21. The van der Waals surface area contributed by atoms with Gasteiger partial charge in [-0.05, 0) is 18.6 Å². The summed E-state index contributed by atoms with van der Waals surface area (Å²) in [5, 5.41) is 0. The molecule has 0 amide bonds. The fourth-order valence-electron chi connectivity index (χ4n) is 1.71. The Labute approximate surface area is 107 Å². The van der Waals surface area contributed by atoms with Gasteiger partial charge in [0.25, 0.3) is 0 Å². The van der Waals surface area contributed by atoms with Crippen molar-refractivity contribution in [2.75, 3.05) is 14.4 Å². The molecular weight excluding hydrogens is 354 g/mol. The molecule has 5 heteroatoms. The first kappa shape index (κ1) is 10.6. The molecule has 0 atom stereocenters. The lowest BCUT2D eigenvalue weighted by Crippen LogP contribution is -2.39.